The lowest BCUT2D eigenvalue weighted by atomic mass is 10.1. The third-order valence-electron chi connectivity index (χ3n) is 3.33. The maximum atomic E-state index is 12.5. The molecule has 3 rings (SSSR count). The predicted molar refractivity (Wildman–Crippen MR) is 100 cm³/mol. The van der Waals surface area contributed by atoms with Crippen molar-refractivity contribution < 1.29 is 14.3 Å². The predicted octanol–water partition coefficient (Wildman–Crippen LogP) is 4.54. The summed E-state index contributed by atoms with van der Waals surface area (Å²) in [6.45, 7) is 0. The summed E-state index contributed by atoms with van der Waals surface area (Å²) in [6.07, 6.45) is 0. The van der Waals surface area contributed by atoms with E-state index in [1.165, 1.54) is 18.4 Å². The standard InChI is InChI=1S/C17H12INO3S/c1-22-17(21)14-11-7-3-5-9-13(11)23-16(14)19-15(20)10-6-2-4-8-12(10)18/h2-9H,1H3,(H,19,20). The number of carbonyl (C=O) groups excluding carboxylic acids is 2. The molecule has 0 saturated carbocycles. The SMILES string of the molecule is COC(=O)c1c(NC(=O)c2ccccc2I)sc2ccccc12. The van der Waals surface area contributed by atoms with Gasteiger partial charge in [-0.25, -0.2) is 4.79 Å². The molecule has 0 bridgehead atoms. The van der Waals surface area contributed by atoms with Crippen LogP contribution in [-0.2, 0) is 4.74 Å². The molecular formula is C17H12INO3S. The molecule has 23 heavy (non-hydrogen) atoms. The molecule has 6 heteroatoms. The number of hydrogen-bond acceptors (Lipinski definition) is 4. The molecular weight excluding hydrogens is 425 g/mol. The van der Waals surface area contributed by atoms with Gasteiger partial charge in [0.15, 0.2) is 0 Å². The van der Waals surface area contributed by atoms with Crippen molar-refractivity contribution in [1.29, 1.82) is 0 Å². The number of hydrogen-bond donors (Lipinski definition) is 1. The molecule has 0 spiro atoms. The van der Waals surface area contributed by atoms with E-state index in [9.17, 15) is 9.59 Å². The summed E-state index contributed by atoms with van der Waals surface area (Å²) in [6, 6.07) is 14.8. The molecule has 0 aliphatic heterocycles. The van der Waals surface area contributed by atoms with E-state index in [2.05, 4.69) is 27.9 Å². The Labute approximate surface area is 150 Å². The number of halogens is 1. The van der Waals surface area contributed by atoms with Gasteiger partial charge in [-0.1, -0.05) is 30.3 Å². The van der Waals surface area contributed by atoms with Crippen LogP contribution in [-0.4, -0.2) is 19.0 Å². The van der Waals surface area contributed by atoms with Gasteiger partial charge < -0.3 is 10.1 Å². The Hall–Kier alpha value is -1.93. The molecule has 0 fully saturated rings. The first-order valence-corrected chi connectivity index (χ1v) is 8.67. The van der Waals surface area contributed by atoms with Crippen molar-refractivity contribution in [3.8, 4) is 0 Å². The average Bonchev–Trinajstić information content (AvgIpc) is 2.92. The third kappa shape index (κ3) is 3.09. The van der Waals surface area contributed by atoms with Gasteiger partial charge in [0, 0.05) is 13.7 Å². The van der Waals surface area contributed by atoms with Crippen LogP contribution in [0.25, 0.3) is 10.1 Å². The van der Waals surface area contributed by atoms with Crippen LogP contribution in [0.1, 0.15) is 20.7 Å². The normalized spacial score (nSPS) is 10.5. The highest BCUT2D eigenvalue weighted by Gasteiger charge is 2.21. The summed E-state index contributed by atoms with van der Waals surface area (Å²) >= 11 is 3.47. The quantitative estimate of drug-likeness (QED) is 0.484. The molecule has 116 valence electrons. The minimum Gasteiger partial charge on any atom is -0.465 e. The summed E-state index contributed by atoms with van der Waals surface area (Å²) in [4.78, 5) is 24.6. The maximum absolute atomic E-state index is 12.5. The number of fused-ring (bicyclic) bond motifs is 1. The van der Waals surface area contributed by atoms with Crippen LogP contribution in [0.3, 0.4) is 0 Å². The maximum Gasteiger partial charge on any atom is 0.341 e. The zero-order valence-corrected chi connectivity index (χ0v) is 15.1. The Balaban J connectivity index is 2.04. The molecule has 1 aromatic heterocycles. The van der Waals surface area contributed by atoms with Crippen molar-refractivity contribution in [3.63, 3.8) is 0 Å². The molecule has 0 atom stereocenters. The van der Waals surface area contributed by atoms with Crippen molar-refractivity contribution in [2.45, 2.75) is 0 Å². The monoisotopic (exact) mass is 437 g/mol. The lowest BCUT2D eigenvalue weighted by molar-refractivity contribution is 0.0604. The first-order valence-electron chi connectivity index (χ1n) is 6.77. The highest BCUT2D eigenvalue weighted by atomic mass is 127. The minimum atomic E-state index is -0.458. The summed E-state index contributed by atoms with van der Waals surface area (Å²) in [5.74, 6) is -0.702. The van der Waals surface area contributed by atoms with Crippen molar-refractivity contribution in [1.82, 2.24) is 0 Å². The Bertz CT molecular complexity index is 904. The average molecular weight is 437 g/mol. The Morgan fingerprint density at radius 3 is 2.52 bits per heavy atom. The Morgan fingerprint density at radius 2 is 1.78 bits per heavy atom. The van der Waals surface area contributed by atoms with Crippen LogP contribution in [0.2, 0.25) is 0 Å². The summed E-state index contributed by atoms with van der Waals surface area (Å²) in [5.41, 5.74) is 0.966. The fourth-order valence-corrected chi connectivity index (χ4v) is 3.97. The zero-order chi connectivity index (χ0) is 16.4. The van der Waals surface area contributed by atoms with Crippen molar-refractivity contribution >= 4 is 60.9 Å². The van der Waals surface area contributed by atoms with Crippen LogP contribution in [0, 0.1) is 3.57 Å². The lowest BCUT2D eigenvalue weighted by Gasteiger charge is -2.07. The lowest BCUT2D eigenvalue weighted by Crippen LogP contribution is -2.15. The van der Waals surface area contributed by atoms with Crippen LogP contribution in [0.4, 0.5) is 5.00 Å². The van der Waals surface area contributed by atoms with Crippen LogP contribution >= 0.6 is 33.9 Å². The smallest absolute Gasteiger partial charge is 0.341 e. The van der Waals surface area contributed by atoms with Gasteiger partial charge in [0.2, 0.25) is 0 Å². The van der Waals surface area contributed by atoms with Gasteiger partial charge in [-0.15, -0.1) is 11.3 Å². The van der Waals surface area contributed by atoms with Gasteiger partial charge in [-0.3, -0.25) is 4.79 Å². The number of methoxy groups -OCH3 is 1. The second-order valence-electron chi connectivity index (χ2n) is 4.73. The molecule has 3 aromatic rings. The number of carbonyl (C=O) groups is 2. The van der Waals surface area contributed by atoms with Gasteiger partial charge in [-0.05, 0) is 40.8 Å². The third-order valence-corrected chi connectivity index (χ3v) is 5.36. The molecule has 1 N–H and O–H groups in total. The highest BCUT2D eigenvalue weighted by molar-refractivity contribution is 14.1. The Morgan fingerprint density at radius 1 is 1.09 bits per heavy atom. The van der Waals surface area contributed by atoms with Gasteiger partial charge >= 0.3 is 5.97 Å². The van der Waals surface area contributed by atoms with Gasteiger partial charge in [0.05, 0.1) is 12.7 Å². The number of anilines is 1. The summed E-state index contributed by atoms with van der Waals surface area (Å²) in [7, 11) is 1.33. The second kappa shape index (κ2) is 6.67. The first kappa shape index (κ1) is 15.9. The van der Waals surface area contributed by atoms with Crippen molar-refractivity contribution in [3.05, 3.63) is 63.2 Å². The molecule has 0 aliphatic rings. The number of esters is 1. The van der Waals surface area contributed by atoms with E-state index in [4.69, 9.17) is 4.74 Å². The molecule has 2 aromatic carbocycles. The van der Waals surface area contributed by atoms with E-state index < -0.39 is 5.97 Å². The van der Waals surface area contributed by atoms with E-state index >= 15 is 0 Å². The second-order valence-corrected chi connectivity index (χ2v) is 6.94. The van der Waals surface area contributed by atoms with E-state index in [1.54, 1.807) is 6.07 Å². The first-order chi connectivity index (χ1) is 11.1. The van der Waals surface area contributed by atoms with E-state index in [1.807, 2.05) is 42.5 Å². The van der Waals surface area contributed by atoms with Crippen LogP contribution in [0.5, 0.6) is 0 Å². The van der Waals surface area contributed by atoms with E-state index in [0.29, 0.717) is 16.1 Å². The topological polar surface area (TPSA) is 55.4 Å². The van der Waals surface area contributed by atoms with Gasteiger partial charge in [0.25, 0.3) is 5.91 Å². The van der Waals surface area contributed by atoms with Crippen LogP contribution in [0.15, 0.2) is 48.5 Å². The fraction of sp³-hybridized carbons (Fsp3) is 0.0588. The number of rotatable bonds is 3. The number of amides is 1. The highest BCUT2D eigenvalue weighted by Crippen LogP contribution is 2.36. The van der Waals surface area contributed by atoms with Gasteiger partial charge in [0.1, 0.15) is 10.6 Å². The zero-order valence-electron chi connectivity index (χ0n) is 12.1. The van der Waals surface area contributed by atoms with E-state index in [-0.39, 0.29) is 5.91 Å². The number of benzene rings is 2. The Kier molecular flexibility index (Phi) is 4.63. The minimum absolute atomic E-state index is 0.244. The van der Waals surface area contributed by atoms with Crippen LogP contribution < -0.4 is 5.32 Å². The number of nitrogens with one attached hydrogen (secondary N) is 1. The number of ether oxygens (including phenoxy) is 1. The molecule has 0 saturated heterocycles. The van der Waals surface area contributed by atoms with Crippen molar-refractivity contribution in [2.24, 2.45) is 0 Å². The fourth-order valence-electron chi connectivity index (χ4n) is 2.25. The molecule has 0 aliphatic carbocycles. The largest absolute Gasteiger partial charge is 0.465 e. The van der Waals surface area contributed by atoms with Gasteiger partial charge in [-0.2, -0.15) is 0 Å². The molecule has 0 unspecified atom stereocenters. The molecule has 1 heterocycles. The van der Waals surface area contributed by atoms with E-state index in [0.717, 1.165) is 13.7 Å². The summed E-state index contributed by atoms with van der Waals surface area (Å²) < 4.78 is 6.64. The molecule has 0 radical (unpaired) electrons. The molecule has 1 amide bonds. The van der Waals surface area contributed by atoms with Crippen molar-refractivity contribution in [2.75, 3.05) is 12.4 Å². The summed E-state index contributed by atoms with van der Waals surface area (Å²) in [5, 5.41) is 4.13. The molecule has 4 nitrogen and oxygen atoms in total. The number of thiophene rings is 1.